The van der Waals surface area contributed by atoms with E-state index in [0.29, 0.717) is 29.5 Å². The van der Waals surface area contributed by atoms with E-state index in [1.165, 1.54) is 0 Å². The number of benzene rings is 2. The first-order valence-corrected chi connectivity index (χ1v) is 13.1. The predicted molar refractivity (Wildman–Crippen MR) is 148 cm³/mol. The Morgan fingerprint density at radius 2 is 1.92 bits per heavy atom. The number of rotatable bonds is 9. The van der Waals surface area contributed by atoms with Crippen molar-refractivity contribution in [1.82, 2.24) is 30.1 Å². The molecule has 8 nitrogen and oxygen atoms in total. The minimum Gasteiger partial charge on any atom is -0.468 e. The maximum Gasteiger partial charge on any atom is 0.253 e. The van der Waals surface area contributed by atoms with Gasteiger partial charge in [-0.15, -0.1) is 5.10 Å². The van der Waals surface area contributed by atoms with Crippen LogP contribution in [0.1, 0.15) is 61.5 Å². The van der Waals surface area contributed by atoms with Gasteiger partial charge in [-0.2, -0.15) is 0 Å². The average molecular weight is 531 g/mol. The highest BCUT2D eigenvalue weighted by atomic mass is 35.5. The van der Waals surface area contributed by atoms with Gasteiger partial charge in [0.2, 0.25) is 0 Å². The zero-order valence-corrected chi connectivity index (χ0v) is 22.7. The highest BCUT2D eigenvalue weighted by Crippen LogP contribution is 2.33. The molecule has 3 aromatic heterocycles. The second-order valence-corrected chi connectivity index (χ2v) is 10.6. The van der Waals surface area contributed by atoms with E-state index in [2.05, 4.69) is 46.2 Å². The molecule has 196 valence electrons. The second kappa shape index (κ2) is 10.6. The quantitative estimate of drug-likeness (QED) is 0.251. The van der Waals surface area contributed by atoms with Gasteiger partial charge in [0.1, 0.15) is 11.8 Å². The summed E-state index contributed by atoms with van der Waals surface area (Å²) in [5.41, 5.74) is 2.76. The van der Waals surface area contributed by atoms with Gasteiger partial charge < -0.3 is 9.40 Å². The van der Waals surface area contributed by atoms with Gasteiger partial charge in [0, 0.05) is 22.6 Å². The van der Waals surface area contributed by atoms with E-state index in [1.807, 2.05) is 72.3 Å². The number of furan rings is 1. The Kier molecular flexibility index (Phi) is 7.19. The summed E-state index contributed by atoms with van der Waals surface area (Å²) in [4.78, 5) is 19.0. The van der Waals surface area contributed by atoms with E-state index in [0.717, 1.165) is 34.2 Å². The van der Waals surface area contributed by atoms with Crippen LogP contribution in [0.3, 0.4) is 0 Å². The summed E-state index contributed by atoms with van der Waals surface area (Å²) in [7, 11) is 0. The van der Waals surface area contributed by atoms with Gasteiger partial charge in [0.05, 0.1) is 18.3 Å². The Morgan fingerprint density at radius 1 is 1.11 bits per heavy atom. The van der Waals surface area contributed by atoms with Crippen LogP contribution in [0.5, 0.6) is 0 Å². The number of tetrazole rings is 1. The first-order valence-electron chi connectivity index (χ1n) is 12.7. The van der Waals surface area contributed by atoms with Gasteiger partial charge in [-0.3, -0.25) is 9.69 Å². The van der Waals surface area contributed by atoms with Gasteiger partial charge in [-0.05, 0) is 84.5 Å². The molecule has 0 saturated carbocycles. The first-order chi connectivity index (χ1) is 18.3. The molecule has 2 aromatic carbocycles. The number of aromatic amines is 1. The smallest absolute Gasteiger partial charge is 0.253 e. The molecule has 0 unspecified atom stereocenters. The number of fused-ring (bicyclic) bond motifs is 1. The lowest BCUT2D eigenvalue weighted by molar-refractivity contribution is 0.168. The van der Waals surface area contributed by atoms with Crippen LogP contribution < -0.4 is 5.56 Å². The van der Waals surface area contributed by atoms with Crippen molar-refractivity contribution in [3.63, 3.8) is 0 Å². The largest absolute Gasteiger partial charge is 0.468 e. The number of nitrogens with zero attached hydrogens (tertiary/aromatic N) is 5. The molecule has 9 heteroatoms. The van der Waals surface area contributed by atoms with Crippen LogP contribution in [-0.2, 0) is 18.6 Å². The van der Waals surface area contributed by atoms with Crippen LogP contribution in [0.2, 0.25) is 5.02 Å². The Morgan fingerprint density at radius 3 is 2.66 bits per heavy atom. The van der Waals surface area contributed by atoms with Crippen molar-refractivity contribution in [1.29, 1.82) is 0 Å². The van der Waals surface area contributed by atoms with E-state index >= 15 is 0 Å². The van der Waals surface area contributed by atoms with Gasteiger partial charge in [0.15, 0.2) is 5.82 Å². The molecule has 0 fully saturated rings. The standard InChI is InChI=1S/C29H31ClN6O2/c1-5-29(3,4)36-27(32-33-34-36)26(23-16-20-13-12-19(2)15-25(20)31-28(23)37)35(18-22-10-8-14-38-22)17-21-9-6-7-11-24(21)30/h6-16,26H,5,17-18H2,1-4H3,(H,31,37)/t26-/m1/s1. The highest BCUT2D eigenvalue weighted by Gasteiger charge is 2.35. The topological polar surface area (TPSA) is 92.8 Å². The third-order valence-corrected chi connectivity index (χ3v) is 7.51. The molecule has 0 aliphatic rings. The molecule has 38 heavy (non-hydrogen) atoms. The van der Waals surface area contributed by atoms with Crippen LogP contribution in [0.25, 0.3) is 10.9 Å². The van der Waals surface area contributed by atoms with Crippen molar-refractivity contribution in [3.05, 3.63) is 111 Å². The number of halogens is 1. The van der Waals surface area contributed by atoms with Crippen LogP contribution in [0.4, 0.5) is 0 Å². The van der Waals surface area contributed by atoms with Gasteiger partial charge in [-0.1, -0.05) is 48.9 Å². The molecule has 0 aliphatic heterocycles. The number of H-pyrrole nitrogens is 1. The molecule has 0 radical (unpaired) electrons. The summed E-state index contributed by atoms with van der Waals surface area (Å²) >= 11 is 6.61. The zero-order chi connectivity index (χ0) is 26.9. The van der Waals surface area contributed by atoms with Crippen LogP contribution in [0, 0.1) is 6.92 Å². The summed E-state index contributed by atoms with van der Waals surface area (Å²) in [6.45, 7) is 9.12. The minimum atomic E-state index is -0.591. The molecule has 0 aliphatic carbocycles. The SMILES string of the molecule is CCC(C)(C)n1nnnc1[C@@H](c1cc2ccc(C)cc2[nH]c1=O)N(Cc1ccco1)Cc1ccccc1Cl. The summed E-state index contributed by atoms with van der Waals surface area (Å²) in [6.07, 6.45) is 2.45. The molecule has 5 rings (SSSR count). The summed E-state index contributed by atoms with van der Waals surface area (Å²) in [5, 5.41) is 14.5. The lowest BCUT2D eigenvalue weighted by atomic mass is 9.98. The second-order valence-electron chi connectivity index (χ2n) is 10.2. The highest BCUT2D eigenvalue weighted by molar-refractivity contribution is 6.31. The number of aromatic nitrogens is 5. The minimum absolute atomic E-state index is 0.194. The molecule has 0 amide bonds. The predicted octanol–water partition coefficient (Wildman–Crippen LogP) is 6.01. The van der Waals surface area contributed by atoms with E-state index in [-0.39, 0.29) is 11.1 Å². The van der Waals surface area contributed by atoms with Crippen LogP contribution >= 0.6 is 11.6 Å². The van der Waals surface area contributed by atoms with E-state index in [1.54, 1.807) is 6.26 Å². The van der Waals surface area contributed by atoms with Crippen molar-refractivity contribution in [3.8, 4) is 0 Å². The van der Waals surface area contributed by atoms with Gasteiger partial charge in [0.25, 0.3) is 5.56 Å². The molecule has 0 saturated heterocycles. The van der Waals surface area contributed by atoms with Crippen molar-refractivity contribution < 1.29 is 4.42 Å². The molecule has 0 spiro atoms. The fourth-order valence-electron chi connectivity index (χ4n) is 4.67. The van der Waals surface area contributed by atoms with Crippen molar-refractivity contribution >= 4 is 22.5 Å². The monoisotopic (exact) mass is 530 g/mol. The summed E-state index contributed by atoms with van der Waals surface area (Å²) < 4.78 is 7.58. The Bertz CT molecular complexity index is 1610. The van der Waals surface area contributed by atoms with Crippen LogP contribution in [0.15, 0.2) is 76.1 Å². The number of hydrogen-bond acceptors (Lipinski definition) is 6. The van der Waals surface area contributed by atoms with Gasteiger partial charge >= 0.3 is 0 Å². The molecular formula is C29H31ClN6O2. The Labute approximate surface area is 226 Å². The van der Waals surface area contributed by atoms with E-state index in [9.17, 15) is 4.79 Å². The number of aryl methyl sites for hydroxylation is 1. The fraction of sp³-hybridized carbons (Fsp3) is 0.310. The molecule has 0 bridgehead atoms. The average Bonchev–Trinajstić information content (AvgIpc) is 3.59. The maximum absolute atomic E-state index is 13.7. The fourth-order valence-corrected chi connectivity index (χ4v) is 4.86. The third-order valence-electron chi connectivity index (χ3n) is 7.14. The molecule has 3 heterocycles. The molecular weight excluding hydrogens is 500 g/mol. The van der Waals surface area contributed by atoms with E-state index in [4.69, 9.17) is 16.0 Å². The lowest BCUT2D eigenvalue weighted by Gasteiger charge is -2.33. The van der Waals surface area contributed by atoms with Crippen molar-refractivity contribution in [2.45, 2.75) is 58.8 Å². The van der Waals surface area contributed by atoms with Crippen molar-refractivity contribution in [2.24, 2.45) is 0 Å². The van der Waals surface area contributed by atoms with E-state index < -0.39 is 6.04 Å². The Hall–Kier alpha value is -3.75. The summed E-state index contributed by atoms with van der Waals surface area (Å²) in [5.74, 6) is 1.33. The van der Waals surface area contributed by atoms with Crippen LogP contribution in [-0.4, -0.2) is 30.1 Å². The Balaban J connectivity index is 1.74. The number of nitrogens with one attached hydrogen (secondary N) is 1. The third kappa shape index (κ3) is 5.14. The molecule has 1 atom stereocenters. The first kappa shape index (κ1) is 25.9. The zero-order valence-electron chi connectivity index (χ0n) is 22.0. The maximum atomic E-state index is 13.7. The van der Waals surface area contributed by atoms with Crippen molar-refractivity contribution in [2.75, 3.05) is 0 Å². The van der Waals surface area contributed by atoms with Gasteiger partial charge in [-0.25, -0.2) is 4.68 Å². The normalized spacial score (nSPS) is 12.9. The lowest BCUT2D eigenvalue weighted by Crippen LogP contribution is -2.38. The number of pyridine rings is 1. The molecule has 1 N–H and O–H groups in total. The number of hydrogen-bond donors (Lipinski definition) is 1. The summed E-state index contributed by atoms with van der Waals surface area (Å²) in [6, 6.07) is 18.9. The molecule has 5 aromatic rings.